The number of hydrogen-bond donors (Lipinski definition) is 2. The van der Waals surface area contributed by atoms with E-state index >= 15 is 0 Å². The fraction of sp³-hybridized carbons (Fsp3) is 0.562. The quantitative estimate of drug-likeness (QED) is 0.893. The summed E-state index contributed by atoms with van der Waals surface area (Å²) in [5.41, 5.74) is -0.519. The molecule has 22 heavy (non-hydrogen) atoms. The summed E-state index contributed by atoms with van der Waals surface area (Å²) < 4.78 is 27.4. The Balaban J connectivity index is 1.70. The van der Waals surface area contributed by atoms with Crippen LogP contribution in [0.1, 0.15) is 36.0 Å². The Kier molecular flexibility index (Phi) is 4.40. The number of benzene rings is 1. The molecule has 6 heteroatoms. The molecule has 1 amide bonds. The van der Waals surface area contributed by atoms with E-state index in [1.54, 1.807) is 0 Å². The second-order valence-electron chi connectivity index (χ2n) is 6.11. The standard InChI is InChI=1S/C16H20F2N2O2/c17-11-3-1-4-12(18)15(11)16(22)19-13-5-2-6-14(13)20-8-7-10(21)9-20/h1,3-4,10,13-14,21H,2,5-9H2,(H,19,22)/t10?,13-,14+/m1/s1. The number of nitrogens with one attached hydrogen (secondary N) is 1. The molecule has 1 aliphatic carbocycles. The summed E-state index contributed by atoms with van der Waals surface area (Å²) in [6, 6.07) is 3.42. The second-order valence-corrected chi connectivity index (χ2v) is 6.11. The number of carbonyl (C=O) groups excluding carboxylic acids is 1. The minimum absolute atomic E-state index is 0.128. The summed E-state index contributed by atoms with van der Waals surface area (Å²) in [7, 11) is 0. The number of likely N-dealkylation sites (tertiary alicyclic amines) is 1. The lowest BCUT2D eigenvalue weighted by Crippen LogP contribution is -2.48. The van der Waals surface area contributed by atoms with Crippen LogP contribution in [0.25, 0.3) is 0 Å². The van der Waals surface area contributed by atoms with Gasteiger partial charge in [0.1, 0.15) is 17.2 Å². The van der Waals surface area contributed by atoms with Crippen LogP contribution in [0.4, 0.5) is 8.78 Å². The van der Waals surface area contributed by atoms with Crippen molar-refractivity contribution in [3.63, 3.8) is 0 Å². The van der Waals surface area contributed by atoms with Crippen molar-refractivity contribution in [2.24, 2.45) is 0 Å². The van der Waals surface area contributed by atoms with Gasteiger partial charge >= 0.3 is 0 Å². The van der Waals surface area contributed by atoms with E-state index in [-0.39, 0.29) is 18.2 Å². The van der Waals surface area contributed by atoms with E-state index in [1.165, 1.54) is 6.07 Å². The van der Waals surface area contributed by atoms with Crippen molar-refractivity contribution in [3.8, 4) is 0 Å². The summed E-state index contributed by atoms with van der Waals surface area (Å²) >= 11 is 0. The molecule has 4 nitrogen and oxygen atoms in total. The third-order valence-corrected chi connectivity index (χ3v) is 4.65. The van der Waals surface area contributed by atoms with E-state index in [0.717, 1.165) is 44.4 Å². The number of nitrogens with zero attached hydrogens (tertiary/aromatic N) is 1. The highest BCUT2D eigenvalue weighted by Crippen LogP contribution is 2.28. The van der Waals surface area contributed by atoms with Gasteiger partial charge in [-0.05, 0) is 37.8 Å². The van der Waals surface area contributed by atoms with Gasteiger partial charge < -0.3 is 10.4 Å². The number of halogens is 2. The molecule has 2 N–H and O–H groups in total. The van der Waals surface area contributed by atoms with Gasteiger partial charge in [0.25, 0.3) is 5.91 Å². The molecule has 0 bridgehead atoms. The van der Waals surface area contributed by atoms with Crippen LogP contribution in [0.2, 0.25) is 0 Å². The monoisotopic (exact) mass is 310 g/mol. The molecular formula is C16H20F2N2O2. The van der Waals surface area contributed by atoms with Crippen LogP contribution >= 0.6 is 0 Å². The van der Waals surface area contributed by atoms with Gasteiger partial charge in [-0.1, -0.05) is 6.07 Å². The molecule has 1 heterocycles. The maximum atomic E-state index is 13.7. The molecule has 1 aromatic rings. The van der Waals surface area contributed by atoms with Gasteiger partial charge in [-0.3, -0.25) is 9.69 Å². The number of rotatable bonds is 3. The number of hydrogen-bond acceptors (Lipinski definition) is 3. The maximum Gasteiger partial charge on any atom is 0.257 e. The third kappa shape index (κ3) is 2.98. The third-order valence-electron chi connectivity index (χ3n) is 4.65. The first-order valence-electron chi connectivity index (χ1n) is 7.73. The van der Waals surface area contributed by atoms with E-state index in [9.17, 15) is 18.7 Å². The maximum absolute atomic E-state index is 13.7. The predicted octanol–water partition coefficient (Wildman–Crippen LogP) is 1.68. The molecule has 1 aliphatic heterocycles. The minimum Gasteiger partial charge on any atom is -0.392 e. The highest BCUT2D eigenvalue weighted by atomic mass is 19.1. The Hall–Kier alpha value is -1.53. The summed E-state index contributed by atoms with van der Waals surface area (Å²) in [5.74, 6) is -2.39. The fourth-order valence-electron chi connectivity index (χ4n) is 3.57. The van der Waals surface area contributed by atoms with Crippen molar-refractivity contribution >= 4 is 5.91 Å². The topological polar surface area (TPSA) is 52.6 Å². The molecule has 0 spiro atoms. The Morgan fingerprint density at radius 2 is 1.95 bits per heavy atom. The van der Waals surface area contributed by atoms with Crippen molar-refractivity contribution in [2.45, 2.75) is 43.9 Å². The molecule has 1 saturated carbocycles. The number of carbonyl (C=O) groups is 1. The molecule has 3 atom stereocenters. The molecule has 2 fully saturated rings. The van der Waals surface area contributed by atoms with Crippen molar-refractivity contribution in [1.29, 1.82) is 0 Å². The molecule has 2 aliphatic rings. The van der Waals surface area contributed by atoms with Gasteiger partial charge in [0, 0.05) is 25.2 Å². The summed E-state index contributed by atoms with van der Waals surface area (Å²) in [4.78, 5) is 14.4. The largest absolute Gasteiger partial charge is 0.392 e. The Morgan fingerprint density at radius 3 is 2.59 bits per heavy atom. The van der Waals surface area contributed by atoms with E-state index in [1.807, 2.05) is 0 Å². The Labute approximate surface area is 128 Å². The van der Waals surface area contributed by atoms with Gasteiger partial charge in [-0.25, -0.2) is 8.78 Å². The molecular weight excluding hydrogens is 290 g/mol. The zero-order chi connectivity index (χ0) is 15.7. The molecule has 1 aromatic carbocycles. The first-order valence-corrected chi connectivity index (χ1v) is 7.73. The zero-order valence-corrected chi connectivity index (χ0v) is 12.3. The van der Waals surface area contributed by atoms with Crippen molar-refractivity contribution in [3.05, 3.63) is 35.4 Å². The van der Waals surface area contributed by atoms with E-state index < -0.39 is 23.1 Å². The highest BCUT2D eigenvalue weighted by molar-refractivity contribution is 5.95. The number of β-amino-alcohol motifs (C(OH)–C–C–N with tert-alkyl or cyclic N) is 1. The molecule has 1 unspecified atom stereocenters. The Morgan fingerprint density at radius 1 is 1.23 bits per heavy atom. The average Bonchev–Trinajstić information content (AvgIpc) is 3.07. The SMILES string of the molecule is O=C(N[C@@H]1CCC[C@@H]1N1CCC(O)C1)c1c(F)cccc1F. The summed E-state index contributed by atoms with van der Waals surface area (Å²) in [6.07, 6.45) is 3.10. The van der Waals surface area contributed by atoms with Crippen LogP contribution in [0.15, 0.2) is 18.2 Å². The molecule has 0 radical (unpaired) electrons. The second kappa shape index (κ2) is 6.30. The van der Waals surface area contributed by atoms with Crippen LogP contribution in [0.5, 0.6) is 0 Å². The van der Waals surface area contributed by atoms with Crippen molar-refractivity contribution < 1.29 is 18.7 Å². The Bertz CT molecular complexity index is 547. The van der Waals surface area contributed by atoms with Crippen molar-refractivity contribution in [1.82, 2.24) is 10.2 Å². The van der Waals surface area contributed by atoms with Gasteiger partial charge in [0.05, 0.1) is 6.10 Å². The summed E-state index contributed by atoms with van der Waals surface area (Å²) in [6.45, 7) is 1.40. The van der Waals surface area contributed by atoms with Gasteiger partial charge in [0.2, 0.25) is 0 Å². The lowest BCUT2D eigenvalue weighted by atomic mass is 10.1. The number of aliphatic hydroxyl groups excluding tert-OH is 1. The normalized spacial score (nSPS) is 29.0. The lowest BCUT2D eigenvalue weighted by molar-refractivity contribution is 0.0897. The van der Waals surface area contributed by atoms with E-state index in [0.29, 0.717) is 6.54 Å². The van der Waals surface area contributed by atoms with Crippen LogP contribution in [0.3, 0.4) is 0 Å². The van der Waals surface area contributed by atoms with E-state index in [4.69, 9.17) is 0 Å². The number of aliphatic hydroxyl groups is 1. The van der Waals surface area contributed by atoms with Crippen LogP contribution in [-0.2, 0) is 0 Å². The average molecular weight is 310 g/mol. The predicted molar refractivity (Wildman–Crippen MR) is 77.4 cm³/mol. The first kappa shape index (κ1) is 15.4. The number of amides is 1. The lowest BCUT2D eigenvalue weighted by Gasteiger charge is -2.29. The first-order chi connectivity index (χ1) is 10.6. The molecule has 1 saturated heterocycles. The summed E-state index contributed by atoms with van der Waals surface area (Å²) in [5, 5.41) is 12.4. The molecule has 120 valence electrons. The van der Waals surface area contributed by atoms with Gasteiger partial charge in [-0.15, -0.1) is 0 Å². The van der Waals surface area contributed by atoms with Gasteiger partial charge in [0.15, 0.2) is 0 Å². The van der Waals surface area contributed by atoms with E-state index in [2.05, 4.69) is 10.2 Å². The molecule has 0 aromatic heterocycles. The van der Waals surface area contributed by atoms with Crippen LogP contribution in [-0.4, -0.2) is 47.2 Å². The molecule has 3 rings (SSSR count). The highest BCUT2D eigenvalue weighted by Gasteiger charge is 2.36. The smallest absolute Gasteiger partial charge is 0.257 e. The fourth-order valence-corrected chi connectivity index (χ4v) is 3.57. The van der Waals surface area contributed by atoms with Crippen LogP contribution in [0, 0.1) is 11.6 Å². The zero-order valence-electron chi connectivity index (χ0n) is 12.3. The van der Waals surface area contributed by atoms with Gasteiger partial charge in [-0.2, -0.15) is 0 Å². The minimum atomic E-state index is -0.844. The van der Waals surface area contributed by atoms with Crippen molar-refractivity contribution in [2.75, 3.05) is 13.1 Å². The van der Waals surface area contributed by atoms with Crippen LogP contribution < -0.4 is 5.32 Å².